The average Bonchev–Trinajstić information content (AvgIpc) is 2.29. The van der Waals surface area contributed by atoms with Gasteiger partial charge in [-0.1, -0.05) is 26.8 Å². The molecular weight excluding hydrogens is 216 g/mol. The molecular formula is C14H22O3. The lowest BCUT2D eigenvalue weighted by Crippen LogP contribution is -2.14. The highest BCUT2D eigenvalue weighted by Gasteiger charge is 2.21. The van der Waals surface area contributed by atoms with Gasteiger partial charge in [-0.3, -0.25) is 0 Å². The molecule has 3 heteroatoms. The molecule has 0 aliphatic carbocycles. The molecule has 0 atom stereocenters. The van der Waals surface area contributed by atoms with E-state index in [1.807, 2.05) is 12.1 Å². The van der Waals surface area contributed by atoms with E-state index in [4.69, 9.17) is 14.2 Å². The molecule has 17 heavy (non-hydrogen) atoms. The van der Waals surface area contributed by atoms with Crippen LogP contribution in [-0.4, -0.2) is 21.3 Å². The largest absolute Gasteiger partial charge is 0.496 e. The van der Waals surface area contributed by atoms with Crippen LogP contribution < -0.4 is 4.74 Å². The van der Waals surface area contributed by atoms with Gasteiger partial charge in [-0.15, -0.1) is 0 Å². The Bertz CT molecular complexity index is 362. The third kappa shape index (κ3) is 3.20. The van der Waals surface area contributed by atoms with Crippen molar-refractivity contribution in [2.75, 3.05) is 21.3 Å². The lowest BCUT2D eigenvalue weighted by atomic mass is 9.85. The molecule has 0 spiro atoms. The van der Waals surface area contributed by atoms with Gasteiger partial charge in [0.1, 0.15) is 5.75 Å². The first kappa shape index (κ1) is 14.0. The number of ether oxygens (including phenoxy) is 3. The topological polar surface area (TPSA) is 27.7 Å². The Morgan fingerprint density at radius 1 is 1.00 bits per heavy atom. The summed E-state index contributed by atoms with van der Waals surface area (Å²) in [4.78, 5) is 0. The first-order valence-electron chi connectivity index (χ1n) is 5.68. The van der Waals surface area contributed by atoms with E-state index in [9.17, 15) is 0 Å². The second-order valence-corrected chi connectivity index (χ2v) is 5.01. The van der Waals surface area contributed by atoms with Crippen LogP contribution in [-0.2, 0) is 14.9 Å². The second kappa shape index (κ2) is 5.52. The molecule has 0 amide bonds. The summed E-state index contributed by atoms with van der Waals surface area (Å²) in [6.45, 7) is 6.47. The predicted molar refractivity (Wildman–Crippen MR) is 68.5 cm³/mol. The van der Waals surface area contributed by atoms with Crippen molar-refractivity contribution in [1.82, 2.24) is 0 Å². The Morgan fingerprint density at radius 2 is 1.59 bits per heavy atom. The van der Waals surface area contributed by atoms with Gasteiger partial charge in [-0.2, -0.15) is 0 Å². The maximum atomic E-state index is 5.39. The second-order valence-electron chi connectivity index (χ2n) is 5.01. The van der Waals surface area contributed by atoms with Gasteiger partial charge >= 0.3 is 0 Å². The fourth-order valence-corrected chi connectivity index (χ4v) is 1.83. The summed E-state index contributed by atoms with van der Waals surface area (Å²) in [6, 6.07) is 6.00. The minimum absolute atomic E-state index is 0.0212. The summed E-state index contributed by atoms with van der Waals surface area (Å²) in [5.41, 5.74) is 2.17. The van der Waals surface area contributed by atoms with Gasteiger partial charge in [0.25, 0.3) is 0 Å². The normalized spacial score (nSPS) is 11.9. The average molecular weight is 238 g/mol. The van der Waals surface area contributed by atoms with Crippen LogP contribution in [0.5, 0.6) is 5.75 Å². The molecule has 1 rings (SSSR count). The fourth-order valence-electron chi connectivity index (χ4n) is 1.83. The lowest BCUT2D eigenvalue weighted by Gasteiger charge is -2.24. The van der Waals surface area contributed by atoms with Crippen molar-refractivity contribution in [3.05, 3.63) is 29.3 Å². The molecule has 0 heterocycles. The smallest absolute Gasteiger partial charge is 0.183 e. The highest BCUT2D eigenvalue weighted by Crippen LogP contribution is 2.34. The third-order valence-electron chi connectivity index (χ3n) is 2.73. The first-order valence-corrected chi connectivity index (χ1v) is 5.68. The highest BCUT2D eigenvalue weighted by molar-refractivity contribution is 5.42. The highest BCUT2D eigenvalue weighted by atomic mass is 16.7. The number of hydrogen-bond acceptors (Lipinski definition) is 3. The van der Waals surface area contributed by atoms with E-state index in [0.29, 0.717) is 0 Å². The number of methoxy groups -OCH3 is 3. The molecule has 0 fully saturated rings. The van der Waals surface area contributed by atoms with Crippen LogP contribution in [0.1, 0.15) is 38.2 Å². The number of hydrogen-bond donors (Lipinski definition) is 0. The molecule has 1 aromatic rings. The van der Waals surface area contributed by atoms with E-state index in [0.717, 1.165) is 16.9 Å². The van der Waals surface area contributed by atoms with Crippen molar-refractivity contribution in [1.29, 1.82) is 0 Å². The number of rotatable bonds is 4. The van der Waals surface area contributed by atoms with Gasteiger partial charge in [0, 0.05) is 19.8 Å². The maximum Gasteiger partial charge on any atom is 0.183 e. The van der Waals surface area contributed by atoms with Gasteiger partial charge in [0.15, 0.2) is 6.29 Å². The first-order chi connectivity index (χ1) is 7.93. The number of benzene rings is 1. The molecule has 0 aromatic heterocycles. The molecule has 0 unspecified atom stereocenters. The monoisotopic (exact) mass is 238 g/mol. The Balaban J connectivity index is 3.22. The van der Waals surface area contributed by atoms with E-state index in [-0.39, 0.29) is 11.7 Å². The molecule has 1 aromatic carbocycles. The molecule has 0 radical (unpaired) electrons. The van der Waals surface area contributed by atoms with E-state index in [1.165, 1.54) is 0 Å². The molecule has 0 aliphatic rings. The Labute approximate surface area is 104 Å². The Kier molecular flexibility index (Phi) is 4.54. The Hall–Kier alpha value is -1.06. The molecule has 0 bridgehead atoms. The van der Waals surface area contributed by atoms with Crippen molar-refractivity contribution in [2.24, 2.45) is 0 Å². The fraction of sp³-hybridized carbons (Fsp3) is 0.571. The van der Waals surface area contributed by atoms with Crippen LogP contribution in [0.15, 0.2) is 18.2 Å². The van der Waals surface area contributed by atoms with Gasteiger partial charge in [-0.25, -0.2) is 0 Å². The summed E-state index contributed by atoms with van der Waals surface area (Å²) in [6.07, 6.45) is -0.331. The summed E-state index contributed by atoms with van der Waals surface area (Å²) in [7, 11) is 4.96. The molecule has 96 valence electrons. The van der Waals surface area contributed by atoms with E-state index >= 15 is 0 Å². The van der Waals surface area contributed by atoms with Gasteiger partial charge in [0.05, 0.1) is 7.11 Å². The molecule has 0 aliphatic heterocycles. The van der Waals surface area contributed by atoms with Crippen LogP contribution in [0.25, 0.3) is 0 Å². The van der Waals surface area contributed by atoms with E-state index in [2.05, 4.69) is 26.8 Å². The zero-order valence-corrected chi connectivity index (χ0v) is 11.5. The summed E-state index contributed by atoms with van der Waals surface area (Å²) >= 11 is 0. The van der Waals surface area contributed by atoms with Crippen LogP contribution in [0.4, 0.5) is 0 Å². The van der Waals surface area contributed by atoms with E-state index in [1.54, 1.807) is 21.3 Å². The lowest BCUT2D eigenvalue weighted by molar-refractivity contribution is -0.106. The van der Waals surface area contributed by atoms with Crippen molar-refractivity contribution in [3.8, 4) is 5.75 Å². The van der Waals surface area contributed by atoms with Crippen LogP contribution in [0.2, 0.25) is 0 Å². The minimum atomic E-state index is -0.331. The summed E-state index contributed by atoms with van der Waals surface area (Å²) < 4.78 is 15.9. The molecule has 0 saturated carbocycles. The van der Waals surface area contributed by atoms with Crippen LogP contribution >= 0.6 is 0 Å². The standard InChI is InChI=1S/C14H22O3/c1-14(2,3)11-9-10(13(16-5)17-6)7-8-12(11)15-4/h7-9,13H,1-6H3. The van der Waals surface area contributed by atoms with Crippen LogP contribution in [0, 0.1) is 0 Å². The third-order valence-corrected chi connectivity index (χ3v) is 2.73. The van der Waals surface area contributed by atoms with Crippen LogP contribution in [0.3, 0.4) is 0 Å². The molecule has 0 N–H and O–H groups in total. The maximum absolute atomic E-state index is 5.39. The SMILES string of the molecule is COc1ccc(C(OC)OC)cc1C(C)(C)C. The van der Waals surface area contributed by atoms with Crippen molar-refractivity contribution < 1.29 is 14.2 Å². The Morgan fingerprint density at radius 3 is 2.00 bits per heavy atom. The molecule has 3 nitrogen and oxygen atoms in total. The zero-order chi connectivity index (χ0) is 13.1. The quantitative estimate of drug-likeness (QED) is 0.753. The van der Waals surface area contributed by atoms with Gasteiger partial charge in [-0.05, 0) is 23.1 Å². The van der Waals surface area contributed by atoms with Crippen molar-refractivity contribution in [3.63, 3.8) is 0 Å². The van der Waals surface area contributed by atoms with Crippen molar-refractivity contribution in [2.45, 2.75) is 32.5 Å². The van der Waals surface area contributed by atoms with Crippen molar-refractivity contribution >= 4 is 0 Å². The molecule has 0 saturated heterocycles. The summed E-state index contributed by atoms with van der Waals surface area (Å²) in [5.74, 6) is 0.896. The van der Waals surface area contributed by atoms with E-state index < -0.39 is 0 Å². The van der Waals surface area contributed by atoms with Gasteiger partial charge < -0.3 is 14.2 Å². The van der Waals surface area contributed by atoms with Gasteiger partial charge in [0.2, 0.25) is 0 Å². The summed E-state index contributed by atoms with van der Waals surface area (Å²) in [5, 5.41) is 0. The predicted octanol–water partition coefficient (Wildman–Crippen LogP) is 3.28. The zero-order valence-electron chi connectivity index (χ0n) is 11.5. The minimum Gasteiger partial charge on any atom is -0.496 e.